The molecule has 0 saturated carbocycles. The minimum atomic E-state index is -0.466. The van der Waals surface area contributed by atoms with Gasteiger partial charge in [0.25, 0.3) is 0 Å². The smallest absolute Gasteiger partial charge is 0.360 e. The SMILES string of the molecule is CCOC(=O)c1ncn(CC)c1N. The van der Waals surface area contributed by atoms with Gasteiger partial charge in [0, 0.05) is 6.54 Å². The zero-order valence-electron chi connectivity index (χ0n) is 7.78. The lowest BCUT2D eigenvalue weighted by atomic mass is 10.4. The average Bonchev–Trinajstić information content (AvgIpc) is 2.47. The first-order valence-corrected chi connectivity index (χ1v) is 4.18. The number of rotatable bonds is 3. The summed E-state index contributed by atoms with van der Waals surface area (Å²) >= 11 is 0. The van der Waals surface area contributed by atoms with E-state index in [9.17, 15) is 4.79 Å². The quantitative estimate of drug-likeness (QED) is 0.699. The number of carbonyl (C=O) groups excluding carboxylic acids is 1. The van der Waals surface area contributed by atoms with Crippen LogP contribution in [0.15, 0.2) is 6.33 Å². The van der Waals surface area contributed by atoms with Crippen molar-refractivity contribution in [2.24, 2.45) is 0 Å². The van der Waals surface area contributed by atoms with Crippen LogP contribution in [0.4, 0.5) is 5.82 Å². The Kier molecular flexibility index (Phi) is 2.89. The lowest BCUT2D eigenvalue weighted by Gasteiger charge is -2.01. The fourth-order valence-electron chi connectivity index (χ4n) is 1.00. The van der Waals surface area contributed by atoms with Crippen molar-refractivity contribution in [3.05, 3.63) is 12.0 Å². The van der Waals surface area contributed by atoms with Crippen LogP contribution in [0.1, 0.15) is 24.3 Å². The molecule has 1 aromatic heterocycles. The molecule has 0 aliphatic carbocycles. The Labute approximate surface area is 76.5 Å². The molecule has 0 saturated heterocycles. The summed E-state index contributed by atoms with van der Waals surface area (Å²) in [5.74, 6) is -0.104. The maximum absolute atomic E-state index is 11.2. The first kappa shape index (κ1) is 9.57. The maximum atomic E-state index is 11.2. The molecular formula is C8H13N3O2. The molecule has 72 valence electrons. The standard InChI is InChI=1S/C8H13N3O2/c1-3-11-5-10-6(7(11)9)8(12)13-4-2/h5H,3-4,9H2,1-2H3. The van der Waals surface area contributed by atoms with Gasteiger partial charge in [-0.1, -0.05) is 0 Å². The molecule has 2 N–H and O–H groups in total. The second kappa shape index (κ2) is 3.93. The molecule has 0 fully saturated rings. The van der Waals surface area contributed by atoms with Gasteiger partial charge in [-0.3, -0.25) is 0 Å². The number of nitrogen functional groups attached to an aromatic ring is 1. The topological polar surface area (TPSA) is 70.1 Å². The largest absolute Gasteiger partial charge is 0.461 e. The van der Waals surface area contributed by atoms with Gasteiger partial charge in [0.2, 0.25) is 0 Å². The number of aryl methyl sites for hydroxylation is 1. The van der Waals surface area contributed by atoms with Crippen molar-refractivity contribution in [2.75, 3.05) is 12.3 Å². The summed E-state index contributed by atoms with van der Waals surface area (Å²) in [7, 11) is 0. The normalized spacial score (nSPS) is 10.0. The molecule has 13 heavy (non-hydrogen) atoms. The Hall–Kier alpha value is -1.52. The van der Waals surface area contributed by atoms with Gasteiger partial charge in [0.15, 0.2) is 5.69 Å². The first-order chi connectivity index (χ1) is 6.20. The van der Waals surface area contributed by atoms with Crippen LogP contribution in [0.3, 0.4) is 0 Å². The van der Waals surface area contributed by atoms with Crippen LogP contribution < -0.4 is 5.73 Å². The number of aromatic nitrogens is 2. The van der Waals surface area contributed by atoms with Crippen molar-refractivity contribution < 1.29 is 9.53 Å². The summed E-state index contributed by atoms with van der Waals surface area (Å²) in [6.07, 6.45) is 1.53. The summed E-state index contributed by atoms with van der Waals surface area (Å²) in [6.45, 7) is 4.69. The van der Waals surface area contributed by atoms with Gasteiger partial charge in [-0.2, -0.15) is 0 Å². The molecule has 1 heterocycles. The third kappa shape index (κ3) is 1.80. The minimum absolute atomic E-state index is 0.198. The van der Waals surface area contributed by atoms with Gasteiger partial charge in [-0.05, 0) is 13.8 Å². The number of carbonyl (C=O) groups is 1. The maximum Gasteiger partial charge on any atom is 0.360 e. The molecule has 0 spiro atoms. The second-order valence-corrected chi connectivity index (χ2v) is 2.48. The third-order valence-electron chi connectivity index (χ3n) is 1.69. The highest BCUT2D eigenvalue weighted by Gasteiger charge is 2.15. The average molecular weight is 183 g/mol. The van der Waals surface area contributed by atoms with E-state index >= 15 is 0 Å². The van der Waals surface area contributed by atoms with Crippen LogP contribution in [-0.2, 0) is 11.3 Å². The fourth-order valence-corrected chi connectivity index (χ4v) is 1.00. The molecular weight excluding hydrogens is 170 g/mol. The van der Waals surface area contributed by atoms with Crippen LogP contribution in [0, 0.1) is 0 Å². The van der Waals surface area contributed by atoms with Crippen molar-refractivity contribution in [1.29, 1.82) is 0 Å². The molecule has 0 aliphatic heterocycles. The minimum Gasteiger partial charge on any atom is -0.461 e. The Bertz CT molecular complexity index is 306. The molecule has 0 aliphatic rings. The molecule has 0 atom stereocenters. The van der Waals surface area contributed by atoms with Gasteiger partial charge >= 0.3 is 5.97 Å². The molecule has 1 rings (SSSR count). The van der Waals surface area contributed by atoms with Crippen molar-refractivity contribution >= 4 is 11.8 Å². The molecule has 5 nitrogen and oxygen atoms in total. The van der Waals surface area contributed by atoms with E-state index < -0.39 is 5.97 Å². The highest BCUT2D eigenvalue weighted by molar-refractivity contribution is 5.92. The number of nitrogens with zero attached hydrogens (tertiary/aromatic N) is 2. The van der Waals surface area contributed by atoms with Crippen LogP contribution in [0.2, 0.25) is 0 Å². The van der Waals surface area contributed by atoms with Gasteiger partial charge in [0.1, 0.15) is 5.82 Å². The lowest BCUT2D eigenvalue weighted by Crippen LogP contribution is -2.09. The van der Waals surface area contributed by atoms with E-state index in [4.69, 9.17) is 10.5 Å². The number of hydrogen-bond donors (Lipinski definition) is 1. The summed E-state index contributed by atoms with van der Waals surface area (Å²) in [6, 6.07) is 0. The Morgan fingerprint density at radius 3 is 2.85 bits per heavy atom. The van der Waals surface area contributed by atoms with E-state index in [0.29, 0.717) is 19.0 Å². The lowest BCUT2D eigenvalue weighted by molar-refractivity contribution is 0.0521. The van der Waals surface area contributed by atoms with Gasteiger partial charge in [0.05, 0.1) is 12.9 Å². The van der Waals surface area contributed by atoms with Crippen LogP contribution in [0.25, 0.3) is 0 Å². The summed E-state index contributed by atoms with van der Waals surface area (Å²) < 4.78 is 6.46. The van der Waals surface area contributed by atoms with Crippen LogP contribution in [-0.4, -0.2) is 22.1 Å². The molecule has 0 amide bonds. The number of ether oxygens (including phenoxy) is 1. The Morgan fingerprint density at radius 1 is 1.69 bits per heavy atom. The fraction of sp³-hybridized carbons (Fsp3) is 0.500. The number of anilines is 1. The highest BCUT2D eigenvalue weighted by Crippen LogP contribution is 2.10. The third-order valence-corrected chi connectivity index (χ3v) is 1.69. The Balaban J connectivity index is 2.89. The van der Waals surface area contributed by atoms with Crippen LogP contribution >= 0.6 is 0 Å². The Morgan fingerprint density at radius 2 is 2.38 bits per heavy atom. The van der Waals surface area contributed by atoms with Gasteiger partial charge < -0.3 is 15.0 Å². The summed E-state index contributed by atoms with van der Waals surface area (Å²) in [4.78, 5) is 15.1. The number of nitrogens with two attached hydrogens (primary N) is 1. The van der Waals surface area contributed by atoms with Crippen LogP contribution in [0.5, 0.6) is 0 Å². The number of imidazole rings is 1. The van der Waals surface area contributed by atoms with Crippen molar-refractivity contribution in [1.82, 2.24) is 9.55 Å². The van der Waals surface area contributed by atoms with Crippen molar-refractivity contribution in [2.45, 2.75) is 20.4 Å². The van der Waals surface area contributed by atoms with Gasteiger partial charge in [-0.25, -0.2) is 9.78 Å². The molecule has 0 aromatic carbocycles. The van der Waals surface area contributed by atoms with E-state index in [1.54, 1.807) is 11.5 Å². The summed E-state index contributed by atoms with van der Waals surface area (Å²) in [5, 5.41) is 0. The highest BCUT2D eigenvalue weighted by atomic mass is 16.5. The van der Waals surface area contributed by atoms with Crippen molar-refractivity contribution in [3.63, 3.8) is 0 Å². The molecule has 0 bridgehead atoms. The van der Waals surface area contributed by atoms with E-state index in [2.05, 4.69) is 4.98 Å². The van der Waals surface area contributed by atoms with E-state index in [0.717, 1.165) is 0 Å². The second-order valence-electron chi connectivity index (χ2n) is 2.48. The molecule has 0 unspecified atom stereocenters. The predicted octanol–water partition coefficient (Wildman–Crippen LogP) is 0.662. The molecule has 0 radical (unpaired) electrons. The number of esters is 1. The monoisotopic (exact) mass is 183 g/mol. The van der Waals surface area contributed by atoms with Gasteiger partial charge in [-0.15, -0.1) is 0 Å². The first-order valence-electron chi connectivity index (χ1n) is 4.18. The van der Waals surface area contributed by atoms with E-state index in [1.165, 1.54) is 6.33 Å². The summed E-state index contributed by atoms with van der Waals surface area (Å²) in [5.41, 5.74) is 5.84. The zero-order chi connectivity index (χ0) is 9.84. The van der Waals surface area contributed by atoms with E-state index in [1.807, 2.05) is 6.92 Å². The van der Waals surface area contributed by atoms with E-state index in [-0.39, 0.29) is 5.69 Å². The van der Waals surface area contributed by atoms with Crippen molar-refractivity contribution in [3.8, 4) is 0 Å². The zero-order valence-corrected chi connectivity index (χ0v) is 7.78. The predicted molar refractivity (Wildman–Crippen MR) is 48.3 cm³/mol. The molecule has 5 heteroatoms. The molecule has 1 aromatic rings. The number of hydrogen-bond acceptors (Lipinski definition) is 4.